The summed E-state index contributed by atoms with van der Waals surface area (Å²) in [5, 5.41) is 1.10. The summed E-state index contributed by atoms with van der Waals surface area (Å²) < 4.78 is 0. The van der Waals surface area contributed by atoms with Gasteiger partial charge in [0.15, 0.2) is 0 Å². The molecule has 9 heavy (non-hydrogen) atoms. The molecule has 0 spiro atoms. The van der Waals surface area contributed by atoms with E-state index < -0.39 is 0 Å². The van der Waals surface area contributed by atoms with E-state index >= 15 is 0 Å². The molecule has 0 nitrogen and oxygen atoms in total. The lowest BCUT2D eigenvalue weighted by molar-refractivity contribution is 0.618. The van der Waals surface area contributed by atoms with Gasteiger partial charge >= 0.3 is 0 Å². The molecule has 52 valence electrons. The Bertz CT molecular complexity index is 88.7. The van der Waals surface area contributed by atoms with Crippen LogP contribution in [0.5, 0.6) is 0 Å². The standard InChI is InChI=1S/C8H14S/c1-2-4-7-6-8(7)9-5-3-1/h7-8H,1-6H2. The van der Waals surface area contributed by atoms with Crippen LogP contribution in [-0.2, 0) is 0 Å². The Hall–Kier alpha value is 0.350. The molecule has 1 saturated carbocycles. The monoisotopic (exact) mass is 142 g/mol. The molecule has 1 heteroatoms. The summed E-state index contributed by atoms with van der Waals surface area (Å²) in [4.78, 5) is 0. The van der Waals surface area contributed by atoms with Gasteiger partial charge in [-0.15, -0.1) is 0 Å². The van der Waals surface area contributed by atoms with Crippen LogP contribution in [0.3, 0.4) is 0 Å². The molecule has 0 radical (unpaired) electrons. The van der Waals surface area contributed by atoms with Crippen molar-refractivity contribution in [1.82, 2.24) is 0 Å². The second-order valence-corrected chi connectivity index (χ2v) is 4.60. The SMILES string of the molecule is C1CCSC2CC2CC1. The predicted molar refractivity (Wildman–Crippen MR) is 42.8 cm³/mol. The zero-order valence-corrected chi connectivity index (χ0v) is 6.62. The Balaban J connectivity index is 1.81. The topological polar surface area (TPSA) is 0 Å². The minimum absolute atomic E-state index is 1.10. The van der Waals surface area contributed by atoms with Gasteiger partial charge in [-0.2, -0.15) is 11.8 Å². The van der Waals surface area contributed by atoms with Crippen LogP contribution in [0.1, 0.15) is 32.1 Å². The molecule has 0 amide bonds. The Morgan fingerprint density at radius 2 is 2.11 bits per heavy atom. The maximum absolute atomic E-state index is 2.23. The molecule has 2 aliphatic rings. The normalized spacial score (nSPS) is 42.7. The van der Waals surface area contributed by atoms with Gasteiger partial charge in [0.2, 0.25) is 0 Å². The van der Waals surface area contributed by atoms with Crippen molar-refractivity contribution in [3.05, 3.63) is 0 Å². The first-order valence-corrected chi connectivity index (χ1v) is 5.13. The number of rotatable bonds is 0. The highest BCUT2D eigenvalue weighted by atomic mass is 32.2. The van der Waals surface area contributed by atoms with Crippen molar-refractivity contribution in [2.24, 2.45) is 5.92 Å². The molecule has 0 aromatic heterocycles. The predicted octanol–water partition coefficient (Wildman–Crippen LogP) is 2.68. The number of hydrogen-bond donors (Lipinski definition) is 0. The van der Waals surface area contributed by atoms with Gasteiger partial charge in [-0.05, 0) is 30.9 Å². The van der Waals surface area contributed by atoms with Crippen LogP contribution in [0, 0.1) is 5.92 Å². The molecule has 1 saturated heterocycles. The quantitative estimate of drug-likeness (QED) is 0.501. The summed E-state index contributed by atoms with van der Waals surface area (Å²) >= 11 is 2.23. The minimum atomic E-state index is 1.10. The summed E-state index contributed by atoms with van der Waals surface area (Å²) in [7, 11) is 0. The van der Waals surface area contributed by atoms with Crippen molar-refractivity contribution in [2.45, 2.75) is 37.4 Å². The molecule has 0 aromatic rings. The first-order valence-electron chi connectivity index (χ1n) is 4.08. The van der Waals surface area contributed by atoms with Crippen LogP contribution in [0.2, 0.25) is 0 Å². The van der Waals surface area contributed by atoms with E-state index in [1.54, 1.807) is 6.42 Å². The van der Waals surface area contributed by atoms with E-state index in [0.717, 1.165) is 11.2 Å². The molecular weight excluding hydrogens is 128 g/mol. The first kappa shape index (κ1) is 6.09. The molecule has 0 bridgehead atoms. The Labute approximate surface area is 61.4 Å². The average molecular weight is 142 g/mol. The Morgan fingerprint density at radius 3 is 3.11 bits per heavy atom. The minimum Gasteiger partial charge on any atom is -0.158 e. The van der Waals surface area contributed by atoms with E-state index in [2.05, 4.69) is 11.8 Å². The van der Waals surface area contributed by atoms with Crippen molar-refractivity contribution in [3.63, 3.8) is 0 Å². The molecule has 1 heterocycles. The fourth-order valence-corrected chi connectivity index (χ4v) is 3.11. The van der Waals surface area contributed by atoms with Gasteiger partial charge in [0, 0.05) is 5.25 Å². The largest absolute Gasteiger partial charge is 0.158 e. The first-order chi connectivity index (χ1) is 4.47. The van der Waals surface area contributed by atoms with E-state index in [9.17, 15) is 0 Å². The fourth-order valence-electron chi connectivity index (χ4n) is 1.65. The van der Waals surface area contributed by atoms with Gasteiger partial charge in [-0.25, -0.2) is 0 Å². The van der Waals surface area contributed by atoms with Crippen molar-refractivity contribution in [3.8, 4) is 0 Å². The summed E-state index contributed by atoms with van der Waals surface area (Å²) in [6.07, 6.45) is 7.58. The van der Waals surface area contributed by atoms with Gasteiger partial charge in [0.1, 0.15) is 0 Å². The lowest BCUT2D eigenvalue weighted by atomic mass is 10.1. The van der Waals surface area contributed by atoms with Crippen molar-refractivity contribution >= 4 is 11.8 Å². The summed E-state index contributed by atoms with van der Waals surface area (Å²) in [5.41, 5.74) is 0. The zero-order valence-electron chi connectivity index (χ0n) is 5.81. The third-order valence-electron chi connectivity index (χ3n) is 2.41. The third kappa shape index (κ3) is 1.43. The molecule has 0 aromatic carbocycles. The molecule has 0 N–H and O–H groups in total. The van der Waals surface area contributed by atoms with E-state index in [1.807, 2.05) is 0 Å². The number of thioether (sulfide) groups is 1. The van der Waals surface area contributed by atoms with E-state index in [4.69, 9.17) is 0 Å². The van der Waals surface area contributed by atoms with Crippen LogP contribution < -0.4 is 0 Å². The third-order valence-corrected chi connectivity index (χ3v) is 3.94. The molecule has 1 aliphatic heterocycles. The van der Waals surface area contributed by atoms with Crippen LogP contribution >= 0.6 is 11.8 Å². The molecule has 2 unspecified atom stereocenters. The Kier molecular flexibility index (Phi) is 1.71. The smallest absolute Gasteiger partial charge is 0.00787 e. The zero-order chi connectivity index (χ0) is 6.10. The molecular formula is C8H14S. The van der Waals surface area contributed by atoms with Gasteiger partial charge < -0.3 is 0 Å². The summed E-state index contributed by atoms with van der Waals surface area (Å²) in [6, 6.07) is 0. The van der Waals surface area contributed by atoms with Gasteiger partial charge in [0.05, 0.1) is 0 Å². The van der Waals surface area contributed by atoms with E-state index in [0.29, 0.717) is 0 Å². The number of fused-ring (bicyclic) bond motifs is 1. The number of hydrogen-bond acceptors (Lipinski definition) is 1. The molecule has 2 fully saturated rings. The maximum Gasteiger partial charge on any atom is 0.00787 e. The second kappa shape index (κ2) is 2.53. The molecule has 2 atom stereocenters. The average Bonchev–Trinajstić information content (AvgIpc) is 2.46. The van der Waals surface area contributed by atoms with Crippen LogP contribution in [-0.4, -0.2) is 11.0 Å². The Morgan fingerprint density at radius 1 is 1.11 bits per heavy atom. The fraction of sp³-hybridized carbons (Fsp3) is 1.00. The van der Waals surface area contributed by atoms with Gasteiger partial charge in [-0.1, -0.05) is 12.8 Å². The second-order valence-electron chi connectivity index (χ2n) is 3.25. The van der Waals surface area contributed by atoms with E-state index in [1.165, 1.54) is 31.4 Å². The van der Waals surface area contributed by atoms with Crippen LogP contribution in [0.4, 0.5) is 0 Å². The van der Waals surface area contributed by atoms with Crippen LogP contribution in [0.15, 0.2) is 0 Å². The highest BCUT2D eigenvalue weighted by Crippen LogP contribution is 2.46. The van der Waals surface area contributed by atoms with Crippen molar-refractivity contribution in [1.29, 1.82) is 0 Å². The highest BCUT2D eigenvalue weighted by Gasteiger charge is 2.36. The van der Waals surface area contributed by atoms with Crippen molar-refractivity contribution < 1.29 is 0 Å². The van der Waals surface area contributed by atoms with Crippen LogP contribution in [0.25, 0.3) is 0 Å². The van der Waals surface area contributed by atoms with Crippen molar-refractivity contribution in [2.75, 3.05) is 5.75 Å². The highest BCUT2D eigenvalue weighted by molar-refractivity contribution is 8.00. The summed E-state index contributed by atoms with van der Waals surface area (Å²) in [5.74, 6) is 2.59. The molecule has 1 aliphatic carbocycles. The lowest BCUT2D eigenvalue weighted by Gasteiger charge is -2.05. The maximum atomic E-state index is 2.23. The van der Waals surface area contributed by atoms with Gasteiger partial charge in [0.25, 0.3) is 0 Å². The molecule has 2 rings (SSSR count). The van der Waals surface area contributed by atoms with Gasteiger partial charge in [-0.3, -0.25) is 0 Å². The lowest BCUT2D eigenvalue weighted by Crippen LogP contribution is -1.92. The summed E-state index contributed by atoms with van der Waals surface area (Å²) in [6.45, 7) is 0. The van der Waals surface area contributed by atoms with E-state index in [-0.39, 0.29) is 0 Å².